The minimum atomic E-state index is -0.254. The Kier molecular flexibility index (Phi) is 5.07. The van der Waals surface area contributed by atoms with Crippen molar-refractivity contribution < 1.29 is 14.3 Å². The Morgan fingerprint density at radius 3 is 2.29 bits per heavy atom. The van der Waals surface area contributed by atoms with Crippen molar-refractivity contribution in [2.75, 3.05) is 26.7 Å². The van der Waals surface area contributed by atoms with Gasteiger partial charge in [-0.25, -0.2) is 0 Å². The summed E-state index contributed by atoms with van der Waals surface area (Å²) >= 11 is 0. The zero-order valence-electron chi connectivity index (χ0n) is 16.3. The Labute approximate surface area is 165 Å². The van der Waals surface area contributed by atoms with Gasteiger partial charge in [-0.1, -0.05) is 42.5 Å². The van der Waals surface area contributed by atoms with Crippen LogP contribution in [0.3, 0.4) is 0 Å². The number of hydrogen-bond donors (Lipinski definition) is 0. The van der Waals surface area contributed by atoms with Gasteiger partial charge >= 0.3 is 0 Å². The molecule has 0 unspecified atom stereocenters. The van der Waals surface area contributed by atoms with E-state index in [4.69, 9.17) is 4.74 Å². The van der Waals surface area contributed by atoms with Crippen LogP contribution in [-0.2, 0) is 22.6 Å². The van der Waals surface area contributed by atoms with E-state index in [1.54, 1.807) is 7.11 Å². The second kappa shape index (κ2) is 7.66. The lowest BCUT2D eigenvalue weighted by Gasteiger charge is -2.52. The number of ether oxygens (including phenoxy) is 1. The summed E-state index contributed by atoms with van der Waals surface area (Å²) in [4.78, 5) is 29.2. The number of hydrogen-bond acceptors (Lipinski definition) is 3. The van der Waals surface area contributed by atoms with Crippen molar-refractivity contribution in [3.63, 3.8) is 0 Å². The van der Waals surface area contributed by atoms with Crippen LogP contribution in [0.25, 0.3) is 0 Å². The molecule has 0 atom stereocenters. The van der Waals surface area contributed by atoms with Crippen molar-refractivity contribution in [1.29, 1.82) is 0 Å². The minimum absolute atomic E-state index is 0.155. The minimum Gasteiger partial charge on any atom is -0.497 e. The summed E-state index contributed by atoms with van der Waals surface area (Å²) in [5, 5.41) is 0. The number of likely N-dealkylation sites (tertiary alicyclic amines) is 2. The summed E-state index contributed by atoms with van der Waals surface area (Å²) in [7, 11) is 1.65. The molecule has 0 aliphatic carbocycles. The summed E-state index contributed by atoms with van der Waals surface area (Å²) < 4.78 is 5.18. The molecule has 2 aromatic carbocycles. The molecule has 2 fully saturated rings. The summed E-state index contributed by atoms with van der Waals surface area (Å²) in [5.41, 5.74) is 1.90. The number of benzene rings is 2. The molecule has 5 heteroatoms. The topological polar surface area (TPSA) is 49.9 Å². The Morgan fingerprint density at radius 1 is 1.00 bits per heavy atom. The van der Waals surface area contributed by atoms with E-state index in [-0.39, 0.29) is 17.2 Å². The molecule has 5 nitrogen and oxygen atoms in total. The quantitative estimate of drug-likeness (QED) is 0.752. The fourth-order valence-corrected chi connectivity index (χ4v) is 4.27. The van der Waals surface area contributed by atoms with E-state index < -0.39 is 0 Å². The van der Waals surface area contributed by atoms with Gasteiger partial charge in [0.05, 0.1) is 18.9 Å². The molecule has 2 heterocycles. The fraction of sp³-hybridized carbons (Fsp3) is 0.391. The first-order valence-electron chi connectivity index (χ1n) is 9.84. The average Bonchev–Trinajstić information content (AvgIpc) is 2.75. The lowest BCUT2D eigenvalue weighted by Crippen LogP contribution is -2.64. The monoisotopic (exact) mass is 378 g/mol. The van der Waals surface area contributed by atoms with Crippen LogP contribution in [0.4, 0.5) is 0 Å². The normalized spacial score (nSPS) is 18.1. The molecule has 0 saturated carbocycles. The number of β-lactam (4-membered cyclic amide) rings is 1. The Hall–Kier alpha value is -2.82. The zero-order valence-corrected chi connectivity index (χ0v) is 16.3. The second-order valence-electron chi connectivity index (χ2n) is 7.83. The van der Waals surface area contributed by atoms with Crippen LogP contribution in [0.5, 0.6) is 5.75 Å². The third-order valence-electron chi connectivity index (χ3n) is 6.04. The zero-order chi connectivity index (χ0) is 19.6. The van der Waals surface area contributed by atoms with E-state index in [2.05, 4.69) is 0 Å². The molecule has 146 valence electrons. The van der Waals surface area contributed by atoms with E-state index in [0.717, 1.165) is 36.3 Å². The van der Waals surface area contributed by atoms with E-state index in [0.29, 0.717) is 26.1 Å². The van der Waals surface area contributed by atoms with Crippen LogP contribution in [0.1, 0.15) is 24.0 Å². The van der Waals surface area contributed by atoms with Gasteiger partial charge in [-0.3, -0.25) is 9.59 Å². The van der Waals surface area contributed by atoms with Crippen molar-refractivity contribution in [1.82, 2.24) is 9.80 Å². The molecule has 0 bridgehead atoms. The predicted molar refractivity (Wildman–Crippen MR) is 107 cm³/mol. The van der Waals surface area contributed by atoms with Gasteiger partial charge < -0.3 is 14.5 Å². The predicted octanol–water partition coefficient (Wildman–Crippen LogP) is 2.89. The van der Waals surface area contributed by atoms with Crippen molar-refractivity contribution >= 4 is 11.8 Å². The Bertz CT molecular complexity index is 840. The average molecular weight is 378 g/mol. The maximum atomic E-state index is 12.8. The number of piperidine rings is 1. The van der Waals surface area contributed by atoms with Crippen molar-refractivity contribution in [3.8, 4) is 5.75 Å². The maximum absolute atomic E-state index is 12.8. The van der Waals surface area contributed by atoms with Gasteiger partial charge in [0.15, 0.2) is 0 Å². The largest absolute Gasteiger partial charge is 0.497 e. The van der Waals surface area contributed by atoms with Crippen LogP contribution in [0.2, 0.25) is 0 Å². The number of carbonyl (C=O) groups excluding carboxylic acids is 2. The highest BCUT2D eigenvalue weighted by Gasteiger charge is 2.53. The molecule has 28 heavy (non-hydrogen) atoms. The van der Waals surface area contributed by atoms with Gasteiger partial charge in [-0.15, -0.1) is 0 Å². The molecular formula is C23H26N2O3. The molecule has 4 rings (SSSR count). The standard InChI is InChI=1S/C23H26N2O3/c1-28-20-9-7-19(8-10-20)16-25-17-23(22(25)27)11-13-24(14-12-23)21(26)15-18-5-3-2-4-6-18/h2-10H,11-17H2,1H3. The number of methoxy groups -OCH3 is 1. The fourth-order valence-electron chi connectivity index (χ4n) is 4.27. The van der Waals surface area contributed by atoms with Gasteiger partial charge in [0.25, 0.3) is 0 Å². The van der Waals surface area contributed by atoms with E-state index >= 15 is 0 Å². The number of rotatable bonds is 5. The third-order valence-corrected chi connectivity index (χ3v) is 6.04. The van der Waals surface area contributed by atoms with Crippen LogP contribution in [-0.4, -0.2) is 48.4 Å². The molecule has 1 spiro atoms. The second-order valence-corrected chi connectivity index (χ2v) is 7.83. The highest BCUT2D eigenvalue weighted by atomic mass is 16.5. The summed E-state index contributed by atoms with van der Waals surface area (Å²) in [6, 6.07) is 17.7. The summed E-state index contributed by atoms with van der Waals surface area (Å²) in [5.74, 6) is 1.21. The first kappa shape index (κ1) is 18.5. The van der Waals surface area contributed by atoms with Crippen LogP contribution in [0.15, 0.2) is 54.6 Å². The highest BCUT2D eigenvalue weighted by Crippen LogP contribution is 2.42. The van der Waals surface area contributed by atoms with Crippen LogP contribution >= 0.6 is 0 Å². The first-order chi connectivity index (χ1) is 13.6. The lowest BCUT2D eigenvalue weighted by atomic mass is 9.71. The molecular weight excluding hydrogens is 352 g/mol. The lowest BCUT2D eigenvalue weighted by molar-refractivity contribution is -0.168. The smallest absolute Gasteiger partial charge is 0.231 e. The van der Waals surface area contributed by atoms with Crippen molar-refractivity contribution in [2.24, 2.45) is 5.41 Å². The molecule has 2 amide bonds. The molecule has 2 saturated heterocycles. The van der Waals surface area contributed by atoms with E-state index in [1.807, 2.05) is 64.4 Å². The van der Waals surface area contributed by atoms with Gasteiger partial charge in [0, 0.05) is 26.2 Å². The van der Waals surface area contributed by atoms with Crippen LogP contribution in [0, 0.1) is 5.41 Å². The van der Waals surface area contributed by atoms with E-state index in [1.165, 1.54) is 0 Å². The van der Waals surface area contributed by atoms with E-state index in [9.17, 15) is 9.59 Å². The summed E-state index contributed by atoms with van der Waals surface area (Å²) in [6.45, 7) is 2.78. The molecule has 0 N–H and O–H groups in total. The van der Waals surface area contributed by atoms with Gasteiger partial charge in [0.2, 0.25) is 11.8 Å². The van der Waals surface area contributed by atoms with Crippen molar-refractivity contribution in [3.05, 3.63) is 65.7 Å². The number of amides is 2. The molecule has 0 radical (unpaired) electrons. The number of carbonyl (C=O) groups is 2. The van der Waals surface area contributed by atoms with Gasteiger partial charge in [-0.05, 0) is 36.1 Å². The molecule has 2 aromatic rings. The Balaban J connectivity index is 1.29. The maximum Gasteiger partial charge on any atom is 0.231 e. The summed E-state index contributed by atoms with van der Waals surface area (Å²) in [6.07, 6.45) is 1.97. The first-order valence-corrected chi connectivity index (χ1v) is 9.84. The Morgan fingerprint density at radius 2 is 1.68 bits per heavy atom. The molecule has 2 aliphatic heterocycles. The van der Waals surface area contributed by atoms with Gasteiger partial charge in [0.1, 0.15) is 5.75 Å². The molecule has 0 aromatic heterocycles. The number of nitrogens with zero attached hydrogens (tertiary/aromatic N) is 2. The van der Waals surface area contributed by atoms with Crippen molar-refractivity contribution in [2.45, 2.75) is 25.8 Å². The third kappa shape index (κ3) is 3.61. The molecule has 2 aliphatic rings. The van der Waals surface area contributed by atoms with Crippen LogP contribution < -0.4 is 4.74 Å². The highest BCUT2D eigenvalue weighted by molar-refractivity contribution is 5.89. The van der Waals surface area contributed by atoms with Gasteiger partial charge in [-0.2, -0.15) is 0 Å². The SMILES string of the molecule is COc1ccc(CN2CC3(CCN(C(=O)Cc4ccccc4)CC3)C2=O)cc1.